The fourth-order valence-electron chi connectivity index (χ4n) is 3.20. The van der Waals surface area contributed by atoms with Crippen molar-refractivity contribution in [1.29, 1.82) is 5.41 Å². The van der Waals surface area contributed by atoms with E-state index in [1.807, 2.05) is 131 Å². The first-order chi connectivity index (χ1) is 13.8. The number of hydrogen-bond donors (Lipinski definition) is 1. The van der Waals surface area contributed by atoms with Crippen LogP contribution in [0.5, 0.6) is 0 Å². The molecule has 28 heavy (non-hydrogen) atoms. The lowest BCUT2D eigenvalue weighted by molar-refractivity contribution is 1.19. The number of nitrogens with one attached hydrogen (secondary N) is 1. The zero-order chi connectivity index (χ0) is 19.2. The zero-order valence-corrected chi connectivity index (χ0v) is 15.4. The van der Waals surface area contributed by atoms with Gasteiger partial charge in [-0.15, -0.1) is 0 Å². The maximum atomic E-state index is 9.20. The summed E-state index contributed by atoms with van der Waals surface area (Å²) in [6, 6.07) is 40.1. The van der Waals surface area contributed by atoms with Gasteiger partial charge in [0.05, 0.1) is 0 Å². The quantitative estimate of drug-likeness (QED) is 0.327. The predicted molar refractivity (Wildman–Crippen MR) is 118 cm³/mol. The van der Waals surface area contributed by atoms with Crippen LogP contribution in [0, 0.1) is 5.41 Å². The summed E-state index contributed by atoms with van der Waals surface area (Å²) in [5.74, 6) is 0.356. The third kappa shape index (κ3) is 3.64. The summed E-state index contributed by atoms with van der Waals surface area (Å²) in [5.41, 5.74) is 3.76. The first kappa shape index (κ1) is 17.6. The molecule has 0 aliphatic carbocycles. The van der Waals surface area contributed by atoms with Gasteiger partial charge in [0.25, 0.3) is 0 Å². The average Bonchev–Trinajstić information content (AvgIpc) is 2.77. The Bertz CT molecular complexity index is 852. The van der Waals surface area contributed by atoms with Crippen molar-refractivity contribution in [2.75, 3.05) is 9.80 Å². The molecule has 0 fully saturated rings. The van der Waals surface area contributed by atoms with E-state index in [9.17, 15) is 5.41 Å². The normalized spacial score (nSPS) is 10.3. The first-order valence-corrected chi connectivity index (χ1v) is 9.23. The van der Waals surface area contributed by atoms with Gasteiger partial charge in [-0.05, 0) is 48.5 Å². The van der Waals surface area contributed by atoms with E-state index >= 15 is 0 Å². The summed E-state index contributed by atoms with van der Waals surface area (Å²) in [4.78, 5) is 3.92. The van der Waals surface area contributed by atoms with Crippen molar-refractivity contribution in [3.8, 4) is 0 Å². The van der Waals surface area contributed by atoms with Gasteiger partial charge in [-0.3, -0.25) is 15.2 Å². The largest absolute Gasteiger partial charge is 0.281 e. The lowest BCUT2D eigenvalue weighted by Crippen LogP contribution is -2.38. The molecule has 0 aromatic heterocycles. The van der Waals surface area contributed by atoms with Crippen molar-refractivity contribution in [1.82, 2.24) is 0 Å². The van der Waals surface area contributed by atoms with Crippen LogP contribution in [0.3, 0.4) is 0 Å². The van der Waals surface area contributed by atoms with Gasteiger partial charge in [-0.25, -0.2) is 0 Å². The average molecular weight is 363 g/mol. The molecular weight excluding hydrogens is 342 g/mol. The van der Waals surface area contributed by atoms with Crippen molar-refractivity contribution in [3.63, 3.8) is 0 Å². The van der Waals surface area contributed by atoms with Crippen LogP contribution in [0.25, 0.3) is 0 Å². The molecular formula is C25H21N3. The Morgan fingerprint density at radius 2 is 0.607 bits per heavy atom. The Morgan fingerprint density at radius 3 is 0.821 bits per heavy atom. The molecule has 1 N–H and O–H groups in total. The molecule has 0 unspecified atom stereocenters. The molecule has 4 aromatic rings. The van der Waals surface area contributed by atoms with E-state index in [2.05, 4.69) is 0 Å². The summed E-state index contributed by atoms with van der Waals surface area (Å²) in [7, 11) is 0. The van der Waals surface area contributed by atoms with Crippen molar-refractivity contribution in [2.45, 2.75) is 0 Å². The molecule has 0 aliphatic heterocycles. The van der Waals surface area contributed by atoms with Gasteiger partial charge in [0, 0.05) is 22.7 Å². The number of hydrogen-bond acceptors (Lipinski definition) is 1. The Labute approximate surface area is 165 Å². The minimum absolute atomic E-state index is 0.356. The third-order valence-electron chi connectivity index (χ3n) is 4.48. The molecule has 0 saturated heterocycles. The van der Waals surface area contributed by atoms with Crippen LogP contribution >= 0.6 is 0 Å². The molecule has 0 aliphatic rings. The SMILES string of the molecule is N=C(N(c1ccccc1)c1ccccc1)N(c1ccccc1)c1ccccc1. The minimum Gasteiger partial charge on any atom is -0.281 e. The van der Waals surface area contributed by atoms with E-state index in [-0.39, 0.29) is 0 Å². The van der Waals surface area contributed by atoms with Gasteiger partial charge < -0.3 is 0 Å². The molecule has 0 saturated carbocycles. The summed E-state index contributed by atoms with van der Waals surface area (Å²) in [5, 5.41) is 9.20. The smallest absolute Gasteiger partial charge is 0.212 e. The zero-order valence-electron chi connectivity index (χ0n) is 15.4. The molecule has 0 amide bonds. The fourth-order valence-corrected chi connectivity index (χ4v) is 3.20. The van der Waals surface area contributed by atoms with E-state index in [0.717, 1.165) is 22.7 Å². The van der Waals surface area contributed by atoms with Gasteiger partial charge in [0.2, 0.25) is 5.96 Å². The Morgan fingerprint density at radius 1 is 0.393 bits per heavy atom. The van der Waals surface area contributed by atoms with Crippen molar-refractivity contribution in [3.05, 3.63) is 121 Å². The maximum Gasteiger partial charge on any atom is 0.212 e. The molecule has 0 spiro atoms. The van der Waals surface area contributed by atoms with Crippen molar-refractivity contribution >= 4 is 28.7 Å². The second-order valence-electron chi connectivity index (χ2n) is 6.34. The van der Waals surface area contributed by atoms with Gasteiger partial charge in [0.15, 0.2) is 0 Å². The first-order valence-electron chi connectivity index (χ1n) is 9.23. The van der Waals surface area contributed by atoms with E-state index < -0.39 is 0 Å². The second kappa shape index (κ2) is 8.23. The van der Waals surface area contributed by atoms with Crippen LogP contribution in [0.2, 0.25) is 0 Å². The van der Waals surface area contributed by atoms with Crippen LogP contribution in [0.1, 0.15) is 0 Å². The maximum absolute atomic E-state index is 9.20. The lowest BCUT2D eigenvalue weighted by atomic mass is 10.2. The monoisotopic (exact) mass is 363 g/mol. The van der Waals surface area contributed by atoms with Crippen molar-refractivity contribution < 1.29 is 0 Å². The summed E-state index contributed by atoms with van der Waals surface area (Å²) in [6.45, 7) is 0. The minimum atomic E-state index is 0.356. The van der Waals surface area contributed by atoms with Gasteiger partial charge >= 0.3 is 0 Å². The highest BCUT2D eigenvalue weighted by atomic mass is 15.4. The van der Waals surface area contributed by atoms with Gasteiger partial charge in [-0.2, -0.15) is 0 Å². The number of nitrogens with zero attached hydrogens (tertiary/aromatic N) is 2. The molecule has 0 radical (unpaired) electrons. The number of benzene rings is 4. The molecule has 3 nitrogen and oxygen atoms in total. The Balaban J connectivity index is 1.85. The summed E-state index contributed by atoms with van der Waals surface area (Å²) < 4.78 is 0. The van der Waals surface area contributed by atoms with Gasteiger partial charge in [-0.1, -0.05) is 72.8 Å². The second-order valence-corrected chi connectivity index (χ2v) is 6.34. The van der Waals surface area contributed by atoms with Crippen molar-refractivity contribution in [2.24, 2.45) is 0 Å². The fraction of sp³-hybridized carbons (Fsp3) is 0. The molecule has 0 bridgehead atoms. The van der Waals surface area contributed by atoms with E-state index in [1.54, 1.807) is 0 Å². The van der Waals surface area contributed by atoms with Crippen LogP contribution < -0.4 is 9.80 Å². The third-order valence-corrected chi connectivity index (χ3v) is 4.48. The standard InChI is InChI=1S/C25H21N3/c26-25(27(21-13-5-1-6-14-21)22-15-7-2-8-16-22)28(23-17-9-3-10-18-23)24-19-11-4-12-20-24/h1-20,26H. The van der Waals surface area contributed by atoms with E-state index in [0.29, 0.717) is 5.96 Å². The molecule has 4 aromatic carbocycles. The van der Waals surface area contributed by atoms with Crippen LogP contribution in [0.15, 0.2) is 121 Å². The Hall–Kier alpha value is -3.85. The highest BCUT2D eigenvalue weighted by Crippen LogP contribution is 2.32. The number of guanidine groups is 1. The predicted octanol–water partition coefficient (Wildman–Crippen LogP) is 6.60. The summed E-state index contributed by atoms with van der Waals surface area (Å²) in [6.07, 6.45) is 0. The van der Waals surface area contributed by atoms with Crippen LogP contribution in [0.4, 0.5) is 22.7 Å². The number of anilines is 4. The van der Waals surface area contributed by atoms with E-state index in [1.165, 1.54) is 0 Å². The number of rotatable bonds is 4. The molecule has 0 atom stereocenters. The Kier molecular flexibility index (Phi) is 5.16. The molecule has 136 valence electrons. The number of para-hydroxylation sites is 4. The van der Waals surface area contributed by atoms with Crippen LogP contribution in [-0.2, 0) is 0 Å². The van der Waals surface area contributed by atoms with Gasteiger partial charge in [0.1, 0.15) is 0 Å². The molecule has 0 heterocycles. The lowest BCUT2D eigenvalue weighted by Gasteiger charge is -2.33. The molecule has 4 rings (SSSR count). The summed E-state index contributed by atoms with van der Waals surface area (Å²) >= 11 is 0. The highest BCUT2D eigenvalue weighted by Gasteiger charge is 2.23. The highest BCUT2D eigenvalue weighted by molar-refractivity contribution is 6.13. The molecule has 3 heteroatoms. The van der Waals surface area contributed by atoms with E-state index in [4.69, 9.17) is 0 Å². The topological polar surface area (TPSA) is 30.3 Å². The van der Waals surface area contributed by atoms with Crippen LogP contribution in [-0.4, -0.2) is 5.96 Å².